The molecule has 0 aromatic rings. The van der Waals surface area contributed by atoms with Crippen LogP contribution in [0.15, 0.2) is 0 Å². The third-order valence-electron chi connectivity index (χ3n) is 9.02. The fraction of sp³-hybridized carbons (Fsp3) is 0.985. The first-order valence-electron chi connectivity index (χ1n) is 31.1. The minimum atomic E-state index is 0. The Hall–Kier alpha value is -0.670. The van der Waals surface area contributed by atoms with Gasteiger partial charge in [-0.15, -0.1) is 0 Å². The van der Waals surface area contributed by atoms with E-state index in [4.69, 9.17) is 19.8 Å². The maximum atomic E-state index is 8.07. The van der Waals surface area contributed by atoms with Gasteiger partial charge in [-0.3, -0.25) is 0 Å². The zero-order chi connectivity index (χ0) is 56.2. The Labute approximate surface area is 468 Å². The Morgan fingerprint density at radius 1 is 0.292 bits per heavy atom. The summed E-state index contributed by atoms with van der Waals surface area (Å²) >= 11 is 0. The fourth-order valence-corrected chi connectivity index (χ4v) is 4.09. The van der Waals surface area contributed by atoms with Gasteiger partial charge in [0.1, 0.15) is 0 Å². The summed E-state index contributed by atoms with van der Waals surface area (Å²) in [6, 6.07) is 2.10. The molecule has 0 aromatic heterocycles. The minimum absolute atomic E-state index is 0. The van der Waals surface area contributed by atoms with Gasteiger partial charge in [0.25, 0.3) is 0 Å². The highest BCUT2D eigenvalue weighted by molar-refractivity contribution is 4.67. The number of nitrogens with zero attached hydrogens (tertiary/aromatic N) is 2. The Morgan fingerprint density at radius 3 is 0.597 bits per heavy atom. The highest BCUT2D eigenvalue weighted by Gasteiger charge is 2.03. The Bertz CT molecular complexity index is 545. The lowest BCUT2D eigenvalue weighted by molar-refractivity contribution is -0.870. The summed E-state index contributed by atoms with van der Waals surface area (Å²) in [4.78, 5) is 0. The first kappa shape index (κ1) is 111. The number of nitriles is 1. The summed E-state index contributed by atoms with van der Waals surface area (Å²) in [6.45, 7) is 51.2. The number of rotatable bonds is 30. The van der Waals surface area contributed by atoms with Crippen molar-refractivity contribution in [2.24, 2.45) is 0 Å². The normalized spacial score (nSPS) is 8.61. The molecule has 0 amide bonds. The number of hydrogen-bond donors (Lipinski definition) is 1. The first-order valence-corrected chi connectivity index (χ1v) is 31.1. The van der Waals surface area contributed by atoms with E-state index in [0.29, 0.717) is 6.61 Å². The molecule has 0 saturated heterocycles. The summed E-state index contributed by atoms with van der Waals surface area (Å²) in [5, 5.41) is 16.1. The van der Waals surface area contributed by atoms with Crippen molar-refractivity contribution in [3.63, 3.8) is 0 Å². The molecule has 0 heterocycles. The monoisotopic (exact) mass is 1040 g/mol. The van der Waals surface area contributed by atoms with Crippen molar-refractivity contribution in [2.75, 3.05) is 60.7 Å². The van der Waals surface area contributed by atoms with Crippen LogP contribution in [0.3, 0.4) is 0 Å². The Morgan fingerprint density at radius 2 is 0.500 bits per heavy atom. The molecule has 1 N–H and O–H groups in total. The fourth-order valence-electron chi connectivity index (χ4n) is 4.09. The summed E-state index contributed by atoms with van der Waals surface area (Å²) in [5.74, 6) is 0. The molecule has 0 saturated carbocycles. The summed E-state index contributed by atoms with van der Waals surface area (Å²) in [5.41, 5.74) is 0. The predicted octanol–water partition coefficient (Wildman–Crippen LogP) is 25.3. The zero-order valence-electron chi connectivity index (χ0n) is 54.2. The molecule has 458 valence electrons. The van der Waals surface area contributed by atoms with Gasteiger partial charge in [-0.05, 0) is 44.9 Å². The molecule has 0 aliphatic heterocycles. The second-order valence-electron chi connectivity index (χ2n) is 18.8. The van der Waals surface area contributed by atoms with Crippen molar-refractivity contribution in [2.45, 2.75) is 380 Å². The van der Waals surface area contributed by atoms with Crippen molar-refractivity contribution >= 4 is 0 Å². The maximum absolute atomic E-state index is 8.07. The average Bonchev–Trinajstić information content (AvgIpc) is 3.35. The number of aliphatic hydroxyl groups is 1. The number of aliphatic hydroxyl groups excluding tert-OH is 1. The van der Waals surface area contributed by atoms with Gasteiger partial charge in [0.05, 0.1) is 33.8 Å². The first-order chi connectivity index (χ1) is 33.1. The Kier molecular flexibility index (Phi) is 233. The summed E-state index contributed by atoms with van der Waals surface area (Å²) in [6.07, 6.45) is 42.1. The van der Waals surface area contributed by atoms with E-state index >= 15 is 0 Å². The Balaban J connectivity index is -0.0000000379. The molecule has 0 aliphatic carbocycles. The summed E-state index contributed by atoms with van der Waals surface area (Å²) in [7, 11) is 6.70. The summed E-state index contributed by atoms with van der Waals surface area (Å²) < 4.78 is 11.4. The smallest absolute Gasteiger partial charge is 0.0780 e. The van der Waals surface area contributed by atoms with Gasteiger partial charge in [0, 0.05) is 39.5 Å². The standard InChI is InChI=1S/C7H18N.C6H11N.2C6H14O.2C6H14.3C5H12.C4H10O.2C4H10.3CH4/c1-5-6-7-8(2,3)4;1-2-3-4-5-6-7;2*1-3-5-7-6-4-2;2*1-3-5-6-4-2;3*1-3-5-4-2;1-2-3-4-5;2*1-3-4-2;;;/h5-7H2,1-4H3;2-5H2,1H3;2*3-6H2,1-2H3;2*3-6H2,1-2H3;3*3-5H2,1-2H3;5H,2-4H2,1H3;2*3-4H2,1-2H3;3*1H4/q+1;;;;;;;;;;;;;;. The molecule has 0 spiro atoms. The molecule has 72 heavy (non-hydrogen) atoms. The quantitative estimate of drug-likeness (QED) is 0.0575. The molecule has 0 atom stereocenters. The molecule has 0 aliphatic rings. The number of ether oxygens (including phenoxy) is 2. The molecule has 0 radical (unpaired) electrons. The van der Waals surface area contributed by atoms with E-state index in [-0.39, 0.29) is 22.3 Å². The highest BCUT2D eigenvalue weighted by atomic mass is 16.5. The number of quaternary nitrogens is 1. The van der Waals surface area contributed by atoms with Gasteiger partial charge < -0.3 is 19.1 Å². The van der Waals surface area contributed by atoms with Crippen LogP contribution < -0.4 is 0 Å². The van der Waals surface area contributed by atoms with Crippen LogP contribution in [0.5, 0.6) is 0 Å². The van der Waals surface area contributed by atoms with Gasteiger partial charge in [-0.25, -0.2) is 0 Å². The van der Waals surface area contributed by atoms with Crippen LogP contribution in [-0.4, -0.2) is 70.3 Å². The predicted molar refractivity (Wildman–Crippen MR) is 349 cm³/mol. The van der Waals surface area contributed by atoms with E-state index in [9.17, 15) is 0 Å². The lowest BCUT2D eigenvalue weighted by Gasteiger charge is -2.23. The van der Waals surface area contributed by atoms with E-state index in [1.54, 1.807) is 0 Å². The van der Waals surface area contributed by atoms with Gasteiger partial charge in [-0.2, -0.15) is 5.26 Å². The van der Waals surface area contributed by atoms with Gasteiger partial charge >= 0.3 is 0 Å². The molecular weight excluding hydrogens is 881 g/mol. The average molecular weight is 1050 g/mol. The third-order valence-corrected chi connectivity index (χ3v) is 9.02. The molecule has 5 heteroatoms. The van der Waals surface area contributed by atoms with E-state index in [1.807, 2.05) is 0 Å². The van der Waals surface area contributed by atoms with Crippen molar-refractivity contribution in [1.29, 1.82) is 5.26 Å². The molecular formula is C67H163N2O3+. The van der Waals surface area contributed by atoms with E-state index in [1.165, 1.54) is 167 Å². The highest BCUT2D eigenvalue weighted by Crippen LogP contribution is 1.98. The van der Waals surface area contributed by atoms with E-state index in [2.05, 4.69) is 173 Å². The lowest BCUT2D eigenvalue weighted by Crippen LogP contribution is -2.35. The van der Waals surface area contributed by atoms with E-state index < -0.39 is 0 Å². The molecule has 5 nitrogen and oxygen atoms in total. The molecule has 0 rings (SSSR count). The van der Waals surface area contributed by atoms with Gasteiger partial charge in [0.15, 0.2) is 0 Å². The molecule has 0 aromatic carbocycles. The van der Waals surface area contributed by atoms with Crippen molar-refractivity contribution in [3.8, 4) is 6.07 Å². The zero-order valence-corrected chi connectivity index (χ0v) is 54.2. The van der Waals surface area contributed by atoms with Gasteiger partial charge in [0.2, 0.25) is 0 Å². The second-order valence-corrected chi connectivity index (χ2v) is 18.8. The largest absolute Gasteiger partial charge is 0.396 e. The SMILES string of the molecule is C.C.C.CCCC.CCCC.CCCCC.CCCCC.CCCCC.CCCCCC.CCCCCC.CCCCCC#N.CCCCO.CCCC[N+](C)(C)C.CCCOCCC.CCCOCCC. The number of unbranched alkanes of at least 4 members (excludes halogenated alkanes) is 19. The van der Waals surface area contributed by atoms with Crippen molar-refractivity contribution < 1.29 is 19.1 Å². The van der Waals surface area contributed by atoms with Crippen molar-refractivity contribution in [1.82, 2.24) is 0 Å². The van der Waals surface area contributed by atoms with E-state index in [0.717, 1.165) is 82.3 Å². The van der Waals surface area contributed by atoms with Crippen LogP contribution in [0.25, 0.3) is 0 Å². The second kappa shape index (κ2) is 151. The molecule has 0 bridgehead atoms. The van der Waals surface area contributed by atoms with Gasteiger partial charge in [-0.1, -0.05) is 328 Å². The van der Waals surface area contributed by atoms with Crippen LogP contribution in [-0.2, 0) is 9.47 Å². The van der Waals surface area contributed by atoms with Crippen LogP contribution in [0.2, 0.25) is 0 Å². The topological polar surface area (TPSA) is 62.5 Å². The van der Waals surface area contributed by atoms with Crippen LogP contribution in [0.4, 0.5) is 0 Å². The molecule has 0 unspecified atom stereocenters. The third kappa shape index (κ3) is 310. The maximum Gasteiger partial charge on any atom is 0.0780 e. The lowest BCUT2D eigenvalue weighted by atomic mass is 10.2. The van der Waals surface area contributed by atoms with Crippen LogP contribution >= 0.6 is 0 Å². The van der Waals surface area contributed by atoms with Crippen molar-refractivity contribution in [3.05, 3.63) is 0 Å². The van der Waals surface area contributed by atoms with Crippen LogP contribution in [0.1, 0.15) is 380 Å². The minimum Gasteiger partial charge on any atom is -0.396 e. The number of hydrogen-bond acceptors (Lipinski definition) is 4. The van der Waals surface area contributed by atoms with Crippen LogP contribution in [0, 0.1) is 11.3 Å². The molecule has 0 fully saturated rings.